The van der Waals surface area contributed by atoms with Gasteiger partial charge in [0.1, 0.15) is 0 Å². The summed E-state index contributed by atoms with van der Waals surface area (Å²) in [6.45, 7) is 8.22. The number of carbonyl (C=O) groups excluding carboxylic acids is 2. The molecule has 5 nitrogen and oxygen atoms in total. The highest BCUT2D eigenvalue weighted by Crippen LogP contribution is 2.15. The van der Waals surface area contributed by atoms with Crippen LogP contribution >= 0.6 is 0 Å². The summed E-state index contributed by atoms with van der Waals surface area (Å²) in [6.07, 6.45) is 0.857. The van der Waals surface area contributed by atoms with Gasteiger partial charge in [0.05, 0.1) is 5.60 Å². The highest BCUT2D eigenvalue weighted by atomic mass is 16.3. The summed E-state index contributed by atoms with van der Waals surface area (Å²) in [5.41, 5.74) is -0.105. The van der Waals surface area contributed by atoms with E-state index in [1.54, 1.807) is 31.2 Å². The van der Waals surface area contributed by atoms with E-state index < -0.39 is 5.60 Å². The van der Waals surface area contributed by atoms with Crippen molar-refractivity contribution >= 4 is 11.8 Å². The predicted octanol–water partition coefficient (Wildman–Crippen LogP) is 1.96. The maximum absolute atomic E-state index is 12.1. The first-order valence-corrected chi connectivity index (χ1v) is 7.66. The van der Waals surface area contributed by atoms with Gasteiger partial charge < -0.3 is 15.7 Å². The quantitative estimate of drug-likeness (QED) is 0.720. The molecule has 0 bridgehead atoms. The standard InChI is InChI=1S/C17H26N2O3/c1-5-9-18-15(20)13-7-6-8-14(10-13)16(21)19-11-17(4,22)12(2)3/h6-8,10,12,22H,5,9,11H2,1-4H3,(H,18,20)(H,19,21). The smallest absolute Gasteiger partial charge is 0.251 e. The average Bonchev–Trinajstić information content (AvgIpc) is 2.50. The lowest BCUT2D eigenvalue weighted by atomic mass is 9.92. The molecule has 0 aliphatic heterocycles. The van der Waals surface area contributed by atoms with Crippen LogP contribution < -0.4 is 10.6 Å². The van der Waals surface area contributed by atoms with Crippen LogP contribution in [0.25, 0.3) is 0 Å². The molecule has 0 aromatic heterocycles. The third-order valence-electron chi connectivity index (χ3n) is 3.77. The minimum atomic E-state index is -0.966. The topological polar surface area (TPSA) is 78.4 Å². The van der Waals surface area contributed by atoms with Crippen molar-refractivity contribution in [1.82, 2.24) is 10.6 Å². The summed E-state index contributed by atoms with van der Waals surface area (Å²) in [4.78, 5) is 24.1. The largest absolute Gasteiger partial charge is 0.388 e. The van der Waals surface area contributed by atoms with Crippen molar-refractivity contribution in [2.24, 2.45) is 5.92 Å². The molecule has 0 heterocycles. The van der Waals surface area contributed by atoms with E-state index in [2.05, 4.69) is 10.6 Å². The van der Waals surface area contributed by atoms with Gasteiger partial charge in [0.2, 0.25) is 0 Å². The number of benzene rings is 1. The van der Waals surface area contributed by atoms with Crippen LogP contribution in [0.2, 0.25) is 0 Å². The Bertz CT molecular complexity index is 524. The zero-order chi connectivity index (χ0) is 16.8. The molecule has 1 unspecified atom stereocenters. The molecule has 1 aromatic carbocycles. The molecule has 122 valence electrons. The Hall–Kier alpha value is -1.88. The third kappa shape index (κ3) is 5.15. The predicted molar refractivity (Wildman–Crippen MR) is 86.9 cm³/mol. The second-order valence-corrected chi connectivity index (χ2v) is 6.03. The van der Waals surface area contributed by atoms with Crippen LogP contribution in [-0.4, -0.2) is 35.6 Å². The second-order valence-electron chi connectivity index (χ2n) is 6.03. The third-order valence-corrected chi connectivity index (χ3v) is 3.77. The van der Waals surface area contributed by atoms with E-state index >= 15 is 0 Å². The zero-order valence-electron chi connectivity index (χ0n) is 13.8. The van der Waals surface area contributed by atoms with Crippen molar-refractivity contribution in [2.75, 3.05) is 13.1 Å². The normalized spacial score (nSPS) is 13.5. The number of hydrogen-bond donors (Lipinski definition) is 3. The van der Waals surface area contributed by atoms with Crippen molar-refractivity contribution in [2.45, 2.75) is 39.7 Å². The fourth-order valence-corrected chi connectivity index (χ4v) is 1.71. The molecule has 5 heteroatoms. The second kappa shape index (κ2) is 7.94. The Morgan fingerprint density at radius 1 is 1.18 bits per heavy atom. The maximum Gasteiger partial charge on any atom is 0.251 e. The number of hydrogen-bond acceptors (Lipinski definition) is 3. The molecule has 3 N–H and O–H groups in total. The number of amides is 2. The Morgan fingerprint density at radius 3 is 2.23 bits per heavy atom. The molecular weight excluding hydrogens is 280 g/mol. The number of nitrogens with one attached hydrogen (secondary N) is 2. The molecule has 0 saturated heterocycles. The lowest BCUT2D eigenvalue weighted by Gasteiger charge is -2.27. The van der Waals surface area contributed by atoms with Crippen molar-refractivity contribution < 1.29 is 14.7 Å². The molecular formula is C17H26N2O3. The van der Waals surface area contributed by atoms with Crippen LogP contribution in [0.1, 0.15) is 54.8 Å². The maximum atomic E-state index is 12.1. The Kier molecular flexibility index (Phi) is 6.56. The zero-order valence-corrected chi connectivity index (χ0v) is 13.8. The summed E-state index contributed by atoms with van der Waals surface area (Å²) in [5.74, 6) is -0.462. The highest BCUT2D eigenvalue weighted by Gasteiger charge is 2.25. The van der Waals surface area contributed by atoms with Gasteiger partial charge in [-0.05, 0) is 37.5 Å². The fourth-order valence-electron chi connectivity index (χ4n) is 1.71. The first kappa shape index (κ1) is 18.2. The molecule has 0 spiro atoms. The Labute approximate surface area is 132 Å². The molecule has 0 aliphatic carbocycles. The summed E-state index contributed by atoms with van der Waals surface area (Å²) < 4.78 is 0. The Balaban J connectivity index is 2.72. The minimum Gasteiger partial charge on any atom is -0.388 e. The van der Waals surface area contributed by atoms with Crippen molar-refractivity contribution in [3.05, 3.63) is 35.4 Å². The van der Waals surface area contributed by atoms with Gasteiger partial charge in [-0.25, -0.2) is 0 Å². The summed E-state index contributed by atoms with van der Waals surface area (Å²) in [7, 11) is 0. The van der Waals surface area contributed by atoms with Gasteiger partial charge in [0.15, 0.2) is 0 Å². The van der Waals surface area contributed by atoms with Gasteiger partial charge in [-0.15, -0.1) is 0 Å². The van der Waals surface area contributed by atoms with Crippen LogP contribution in [0.3, 0.4) is 0 Å². The Morgan fingerprint density at radius 2 is 1.73 bits per heavy atom. The number of aliphatic hydroxyl groups is 1. The molecule has 0 saturated carbocycles. The van der Waals surface area contributed by atoms with E-state index in [0.717, 1.165) is 6.42 Å². The summed E-state index contributed by atoms with van der Waals surface area (Å²) >= 11 is 0. The van der Waals surface area contributed by atoms with Crippen LogP contribution in [0.15, 0.2) is 24.3 Å². The van der Waals surface area contributed by atoms with Gasteiger partial charge in [-0.2, -0.15) is 0 Å². The fraction of sp³-hybridized carbons (Fsp3) is 0.529. The average molecular weight is 306 g/mol. The van der Waals surface area contributed by atoms with Crippen LogP contribution in [0.5, 0.6) is 0 Å². The van der Waals surface area contributed by atoms with E-state index in [1.165, 1.54) is 0 Å². The van der Waals surface area contributed by atoms with Crippen LogP contribution in [-0.2, 0) is 0 Å². The van der Waals surface area contributed by atoms with Gasteiger partial charge in [-0.1, -0.05) is 26.8 Å². The van der Waals surface area contributed by atoms with Crippen LogP contribution in [0.4, 0.5) is 0 Å². The van der Waals surface area contributed by atoms with Gasteiger partial charge in [-0.3, -0.25) is 9.59 Å². The number of carbonyl (C=O) groups is 2. The monoisotopic (exact) mass is 306 g/mol. The molecule has 0 fully saturated rings. The first-order valence-electron chi connectivity index (χ1n) is 7.66. The summed E-state index contributed by atoms with van der Waals surface area (Å²) in [5, 5.41) is 15.6. The molecule has 0 radical (unpaired) electrons. The van der Waals surface area contributed by atoms with Gasteiger partial charge in [0, 0.05) is 24.2 Å². The number of rotatable bonds is 7. The van der Waals surface area contributed by atoms with Crippen molar-refractivity contribution in [3.63, 3.8) is 0 Å². The highest BCUT2D eigenvalue weighted by molar-refractivity contribution is 5.99. The van der Waals surface area contributed by atoms with Crippen LogP contribution in [0, 0.1) is 5.92 Å². The van der Waals surface area contributed by atoms with E-state index in [9.17, 15) is 14.7 Å². The van der Waals surface area contributed by atoms with Crippen molar-refractivity contribution in [3.8, 4) is 0 Å². The lowest BCUT2D eigenvalue weighted by Crippen LogP contribution is -2.44. The molecule has 0 aliphatic rings. The lowest BCUT2D eigenvalue weighted by molar-refractivity contribution is 0.0142. The molecule has 1 rings (SSSR count). The van der Waals surface area contributed by atoms with E-state index in [4.69, 9.17) is 0 Å². The SMILES string of the molecule is CCCNC(=O)c1cccc(C(=O)NCC(C)(O)C(C)C)c1. The van der Waals surface area contributed by atoms with Gasteiger partial charge in [0.25, 0.3) is 11.8 Å². The molecule has 2 amide bonds. The van der Waals surface area contributed by atoms with Crippen molar-refractivity contribution in [1.29, 1.82) is 0 Å². The minimum absolute atomic E-state index is 0.0268. The van der Waals surface area contributed by atoms with E-state index in [1.807, 2.05) is 20.8 Å². The molecule has 1 atom stereocenters. The summed E-state index contributed by atoms with van der Waals surface area (Å²) in [6, 6.07) is 6.56. The molecule has 22 heavy (non-hydrogen) atoms. The first-order chi connectivity index (χ1) is 10.3. The van der Waals surface area contributed by atoms with E-state index in [-0.39, 0.29) is 24.3 Å². The van der Waals surface area contributed by atoms with E-state index in [0.29, 0.717) is 17.7 Å². The molecule has 1 aromatic rings. The van der Waals surface area contributed by atoms with Gasteiger partial charge >= 0.3 is 0 Å².